The van der Waals surface area contributed by atoms with Crippen LogP contribution in [0.15, 0.2) is 42.7 Å². The first-order valence-corrected chi connectivity index (χ1v) is 9.19. The Balaban J connectivity index is 1.53. The number of pyridine rings is 1. The molecule has 1 amide bonds. The van der Waals surface area contributed by atoms with Gasteiger partial charge in [0.2, 0.25) is 0 Å². The highest BCUT2D eigenvalue weighted by Crippen LogP contribution is 2.34. The summed E-state index contributed by atoms with van der Waals surface area (Å²) < 4.78 is 16.1. The Morgan fingerprint density at radius 2 is 1.87 bits per heavy atom. The second-order valence-electron chi connectivity index (χ2n) is 6.47. The minimum absolute atomic E-state index is 0.229. The normalized spacial score (nSPS) is 10.8. The highest BCUT2D eigenvalue weighted by atomic mass is 16.5. The SMILES string of the molecule is COc1cc(OC)c(CNC(=O)c2c[nH]c(-c3[nH]nc4ncccc34)c2)c(OC)c1. The molecule has 3 aromatic heterocycles. The predicted octanol–water partition coefficient (Wildman–Crippen LogP) is 2.91. The number of hydrogen-bond acceptors (Lipinski definition) is 6. The number of rotatable bonds is 7. The lowest BCUT2D eigenvalue weighted by Gasteiger charge is -2.15. The molecule has 0 aliphatic rings. The summed E-state index contributed by atoms with van der Waals surface area (Å²) in [7, 11) is 4.68. The van der Waals surface area contributed by atoms with Crippen LogP contribution in [0.4, 0.5) is 0 Å². The van der Waals surface area contributed by atoms with Gasteiger partial charge in [-0.3, -0.25) is 9.89 Å². The number of aromatic nitrogens is 4. The number of carbonyl (C=O) groups excluding carboxylic acids is 1. The number of hydrogen-bond donors (Lipinski definition) is 3. The van der Waals surface area contributed by atoms with Gasteiger partial charge in [-0.2, -0.15) is 5.10 Å². The summed E-state index contributed by atoms with van der Waals surface area (Å²) in [5.41, 5.74) is 3.34. The molecular weight excluding hydrogens is 386 g/mol. The van der Waals surface area contributed by atoms with Gasteiger partial charge in [0.1, 0.15) is 17.2 Å². The van der Waals surface area contributed by atoms with Gasteiger partial charge in [0.15, 0.2) is 5.65 Å². The number of nitrogens with one attached hydrogen (secondary N) is 3. The Kier molecular flexibility index (Phi) is 5.25. The standard InChI is InChI=1S/C21H21N5O4/c1-28-13-8-17(29-2)15(18(9-13)30-3)11-24-21(27)12-7-16(23-10-12)19-14-5-4-6-22-20(14)26-25-19/h4-10,23H,11H2,1-3H3,(H,24,27)(H,22,25,26). The van der Waals surface area contributed by atoms with Crippen LogP contribution in [-0.4, -0.2) is 47.4 Å². The minimum Gasteiger partial charge on any atom is -0.496 e. The van der Waals surface area contributed by atoms with Crippen molar-refractivity contribution in [2.45, 2.75) is 6.54 Å². The van der Waals surface area contributed by atoms with Crippen LogP contribution in [-0.2, 0) is 6.54 Å². The number of fused-ring (bicyclic) bond motifs is 1. The fourth-order valence-electron chi connectivity index (χ4n) is 3.25. The zero-order valence-electron chi connectivity index (χ0n) is 16.8. The molecule has 9 nitrogen and oxygen atoms in total. The van der Waals surface area contributed by atoms with Crippen LogP contribution < -0.4 is 19.5 Å². The molecule has 3 N–H and O–H groups in total. The smallest absolute Gasteiger partial charge is 0.253 e. The molecule has 4 aromatic rings. The average molecular weight is 407 g/mol. The van der Waals surface area contributed by atoms with Crippen molar-refractivity contribution in [3.05, 3.63) is 53.9 Å². The molecule has 4 rings (SSSR count). The van der Waals surface area contributed by atoms with Gasteiger partial charge >= 0.3 is 0 Å². The zero-order chi connectivity index (χ0) is 21.1. The molecule has 0 aliphatic carbocycles. The van der Waals surface area contributed by atoms with Crippen LogP contribution >= 0.6 is 0 Å². The van der Waals surface area contributed by atoms with Crippen LogP contribution in [0.5, 0.6) is 17.2 Å². The quantitative estimate of drug-likeness (QED) is 0.434. The molecule has 0 saturated heterocycles. The summed E-state index contributed by atoms with van der Waals surface area (Å²) in [5, 5.41) is 10.9. The van der Waals surface area contributed by atoms with E-state index in [2.05, 4.69) is 25.5 Å². The van der Waals surface area contributed by atoms with Gasteiger partial charge in [0.05, 0.1) is 50.4 Å². The van der Waals surface area contributed by atoms with Crippen molar-refractivity contribution >= 4 is 16.9 Å². The van der Waals surface area contributed by atoms with Gasteiger partial charge in [-0.15, -0.1) is 0 Å². The molecule has 0 spiro atoms. The van der Waals surface area contributed by atoms with E-state index < -0.39 is 0 Å². The van der Waals surface area contributed by atoms with Crippen LogP contribution in [0.25, 0.3) is 22.4 Å². The molecule has 0 saturated carbocycles. The van der Waals surface area contributed by atoms with E-state index in [9.17, 15) is 4.79 Å². The monoisotopic (exact) mass is 407 g/mol. The van der Waals surface area contributed by atoms with Crippen molar-refractivity contribution in [3.8, 4) is 28.6 Å². The highest BCUT2D eigenvalue weighted by Gasteiger charge is 2.17. The summed E-state index contributed by atoms with van der Waals surface area (Å²) in [5.74, 6) is 1.50. The van der Waals surface area contributed by atoms with Crippen LogP contribution in [0, 0.1) is 0 Å². The van der Waals surface area contributed by atoms with Gasteiger partial charge in [-0.05, 0) is 18.2 Å². The second kappa shape index (κ2) is 8.16. The Hall–Kier alpha value is -4.01. The predicted molar refractivity (Wildman–Crippen MR) is 111 cm³/mol. The van der Waals surface area contributed by atoms with E-state index in [0.717, 1.165) is 22.3 Å². The number of benzene rings is 1. The first kappa shape index (κ1) is 19.3. The molecule has 0 unspecified atom stereocenters. The molecule has 9 heteroatoms. The third kappa shape index (κ3) is 3.52. The zero-order valence-corrected chi connectivity index (χ0v) is 16.8. The maximum atomic E-state index is 12.7. The van der Waals surface area contributed by atoms with Gasteiger partial charge in [-0.25, -0.2) is 4.98 Å². The molecule has 0 fully saturated rings. The number of ether oxygens (including phenoxy) is 3. The average Bonchev–Trinajstić information content (AvgIpc) is 3.43. The van der Waals surface area contributed by atoms with Gasteiger partial charge in [0, 0.05) is 29.9 Å². The Bertz CT molecular complexity index is 1170. The Labute approximate surface area is 172 Å². The number of amides is 1. The van der Waals surface area contributed by atoms with Crippen molar-refractivity contribution in [2.24, 2.45) is 0 Å². The van der Waals surface area contributed by atoms with Crippen molar-refractivity contribution in [2.75, 3.05) is 21.3 Å². The summed E-state index contributed by atoms with van der Waals surface area (Å²) in [6.45, 7) is 0.229. The molecule has 30 heavy (non-hydrogen) atoms. The van der Waals surface area contributed by atoms with E-state index in [0.29, 0.717) is 28.5 Å². The summed E-state index contributed by atoms with van der Waals surface area (Å²) in [4.78, 5) is 20.0. The molecule has 0 radical (unpaired) electrons. The van der Waals surface area contributed by atoms with E-state index in [4.69, 9.17) is 14.2 Å². The van der Waals surface area contributed by atoms with E-state index in [1.54, 1.807) is 51.9 Å². The van der Waals surface area contributed by atoms with Crippen molar-refractivity contribution in [1.29, 1.82) is 0 Å². The molecule has 0 aliphatic heterocycles. The number of methoxy groups -OCH3 is 3. The third-order valence-electron chi connectivity index (χ3n) is 4.79. The van der Waals surface area contributed by atoms with Gasteiger partial charge in [-0.1, -0.05) is 0 Å². The van der Waals surface area contributed by atoms with E-state index in [1.165, 1.54) is 0 Å². The Morgan fingerprint density at radius 1 is 1.10 bits per heavy atom. The second-order valence-corrected chi connectivity index (χ2v) is 6.47. The van der Waals surface area contributed by atoms with E-state index in [1.807, 2.05) is 12.1 Å². The van der Waals surface area contributed by atoms with Crippen LogP contribution in [0.3, 0.4) is 0 Å². The van der Waals surface area contributed by atoms with Gasteiger partial charge in [0.25, 0.3) is 5.91 Å². The summed E-state index contributed by atoms with van der Waals surface area (Å²) >= 11 is 0. The molecular formula is C21H21N5O4. The van der Waals surface area contributed by atoms with Crippen molar-refractivity contribution in [3.63, 3.8) is 0 Å². The molecule has 0 bridgehead atoms. The molecule has 3 heterocycles. The maximum absolute atomic E-state index is 12.7. The lowest BCUT2D eigenvalue weighted by molar-refractivity contribution is 0.0950. The molecule has 154 valence electrons. The topological polar surface area (TPSA) is 114 Å². The summed E-state index contributed by atoms with van der Waals surface area (Å²) in [6.07, 6.45) is 3.33. The largest absolute Gasteiger partial charge is 0.496 e. The Morgan fingerprint density at radius 3 is 2.57 bits per heavy atom. The fraction of sp³-hybridized carbons (Fsp3) is 0.190. The molecule has 0 atom stereocenters. The lowest BCUT2D eigenvalue weighted by atomic mass is 10.1. The third-order valence-corrected chi connectivity index (χ3v) is 4.79. The first-order valence-electron chi connectivity index (χ1n) is 9.19. The maximum Gasteiger partial charge on any atom is 0.253 e. The van der Waals surface area contributed by atoms with E-state index in [-0.39, 0.29) is 12.5 Å². The van der Waals surface area contributed by atoms with E-state index >= 15 is 0 Å². The number of carbonyl (C=O) groups is 1. The van der Waals surface area contributed by atoms with Crippen molar-refractivity contribution in [1.82, 2.24) is 25.5 Å². The number of H-pyrrole nitrogens is 2. The summed E-state index contributed by atoms with van der Waals surface area (Å²) in [6, 6.07) is 9.01. The molecule has 1 aromatic carbocycles. The van der Waals surface area contributed by atoms with Crippen LogP contribution in [0.1, 0.15) is 15.9 Å². The van der Waals surface area contributed by atoms with Crippen molar-refractivity contribution < 1.29 is 19.0 Å². The minimum atomic E-state index is -0.237. The lowest BCUT2D eigenvalue weighted by Crippen LogP contribution is -2.23. The first-order chi connectivity index (χ1) is 14.6. The highest BCUT2D eigenvalue weighted by molar-refractivity contribution is 5.97. The van der Waals surface area contributed by atoms with Crippen LogP contribution in [0.2, 0.25) is 0 Å². The number of aromatic amines is 2. The van der Waals surface area contributed by atoms with Gasteiger partial charge < -0.3 is 24.5 Å². The fourth-order valence-corrected chi connectivity index (χ4v) is 3.25. The number of nitrogens with zero attached hydrogens (tertiary/aromatic N) is 2.